The van der Waals surface area contributed by atoms with Crippen LogP contribution in [0.1, 0.15) is 45.4 Å². The quantitative estimate of drug-likeness (QED) is 0.908. The van der Waals surface area contributed by atoms with Crippen molar-refractivity contribution in [1.82, 2.24) is 9.36 Å². The summed E-state index contributed by atoms with van der Waals surface area (Å²) in [6.07, 6.45) is -0.0265. The van der Waals surface area contributed by atoms with E-state index in [0.29, 0.717) is 11.8 Å². The van der Waals surface area contributed by atoms with Crippen molar-refractivity contribution in [3.8, 4) is 0 Å². The predicted molar refractivity (Wildman–Crippen MR) is 69.1 cm³/mol. The van der Waals surface area contributed by atoms with Crippen LogP contribution in [0.4, 0.5) is 18.3 Å². The summed E-state index contributed by atoms with van der Waals surface area (Å²) in [6.45, 7) is 4.32. The average molecular weight is 293 g/mol. The smallest absolute Gasteiger partial charge is 0.357 e. The van der Waals surface area contributed by atoms with Crippen molar-refractivity contribution < 1.29 is 13.2 Å². The number of rotatable bonds is 3. The number of hydrogen-bond donors (Lipinski definition) is 1. The highest BCUT2D eigenvalue weighted by atomic mass is 32.1. The maximum absolute atomic E-state index is 12.4. The Labute approximate surface area is 114 Å². The molecule has 0 amide bonds. The summed E-state index contributed by atoms with van der Waals surface area (Å²) in [5.41, 5.74) is 0. The number of halogens is 3. The second-order valence-electron chi connectivity index (χ2n) is 5.36. The molecule has 1 aliphatic carbocycles. The molecule has 1 aromatic heterocycles. The fraction of sp³-hybridized carbons (Fsp3) is 0.833. The minimum Gasteiger partial charge on any atom is -0.357 e. The molecule has 1 heterocycles. The monoisotopic (exact) mass is 293 g/mol. The lowest BCUT2D eigenvalue weighted by Crippen LogP contribution is -2.35. The molecule has 1 saturated carbocycles. The van der Waals surface area contributed by atoms with Crippen molar-refractivity contribution in [3.63, 3.8) is 0 Å². The topological polar surface area (TPSA) is 37.8 Å². The van der Waals surface area contributed by atoms with Crippen molar-refractivity contribution in [1.29, 1.82) is 0 Å². The third-order valence-electron chi connectivity index (χ3n) is 3.66. The van der Waals surface area contributed by atoms with E-state index in [2.05, 4.69) is 28.5 Å². The summed E-state index contributed by atoms with van der Waals surface area (Å²) in [5, 5.41) is 3.43. The summed E-state index contributed by atoms with van der Waals surface area (Å²) in [6, 6.07) is 0.211. The molecule has 19 heavy (non-hydrogen) atoms. The number of nitrogens with one attached hydrogen (secondary N) is 1. The van der Waals surface area contributed by atoms with Gasteiger partial charge in [0.2, 0.25) is 11.0 Å². The highest BCUT2D eigenvalue weighted by Crippen LogP contribution is 2.34. The van der Waals surface area contributed by atoms with Crippen molar-refractivity contribution in [2.75, 3.05) is 5.32 Å². The fourth-order valence-corrected chi connectivity index (χ4v) is 3.34. The highest BCUT2D eigenvalue weighted by Gasteiger charge is 2.36. The summed E-state index contributed by atoms with van der Waals surface area (Å²) in [7, 11) is 0. The van der Waals surface area contributed by atoms with Crippen LogP contribution in [0.3, 0.4) is 0 Å². The first-order valence-electron chi connectivity index (χ1n) is 6.55. The summed E-state index contributed by atoms with van der Waals surface area (Å²) < 4.78 is 40.7. The number of aromatic nitrogens is 2. The first-order chi connectivity index (χ1) is 8.88. The third kappa shape index (κ3) is 3.58. The zero-order valence-electron chi connectivity index (χ0n) is 11.0. The van der Waals surface area contributed by atoms with Crippen LogP contribution in [0.25, 0.3) is 0 Å². The van der Waals surface area contributed by atoms with Crippen LogP contribution >= 0.6 is 11.5 Å². The number of alkyl halides is 3. The minimum absolute atomic E-state index is 0.211. The van der Waals surface area contributed by atoms with E-state index < -0.39 is 12.0 Å². The van der Waals surface area contributed by atoms with Gasteiger partial charge in [-0.25, -0.2) is 0 Å². The van der Waals surface area contributed by atoms with Crippen molar-refractivity contribution >= 4 is 16.7 Å². The molecule has 2 unspecified atom stereocenters. The molecule has 0 aromatic carbocycles. The third-order valence-corrected chi connectivity index (χ3v) is 4.31. The van der Waals surface area contributed by atoms with Gasteiger partial charge < -0.3 is 5.32 Å². The van der Waals surface area contributed by atoms with Gasteiger partial charge in [-0.1, -0.05) is 26.7 Å². The van der Waals surface area contributed by atoms with Crippen LogP contribution in [0, 0.1) is 11.8 Å². The molecule has 2 rings (SSSR count). The van der Waals surface area contributed by atoms with Crippen LogP contribution in [0.2, 0.25) is 0 Å². The lowest BCUT2D eigenvalue weighted by Gasteiger charge is -2.34. The summed E-state index contributed by atoms with van der Waals surface area (Å²) in [5.74, 6) is -0.0308. The molecule has 108 valence electrons. The maximum atomic E-state index is 12.4. The van der Waals surface area contributed by atoms with Gasteiger partial charge in [-0.3, -0.25) is 0 Å². The van der Waals surface area contributed by atoms with E-state index in [1.807, 2.05) is 0 Å². The Morgan fingerprint density at radius 3 is 2.53 bits per heavy atom. The zero-order valence-corrected chi connectivity index (χ0v) is 11.8. The van der Waals surface area contributed by atoms with Crippen molar-refractivity contribution in [3.05, 3.63) is 5.82 Å². The lowest BCUT2D eigenvalue weighted by molar-refractivity contribution is -0.144. The lowest BCUT2D eigenvalue weighted by atomic mass is 9.78. The van der Waals surface area contributed by atoms with Gasteiger partial charge >= 0.3 is 6.18 Å². The molecular formula is C12H18F3N3S. The van der Waals surface area contributed by atoms with Gasteiger partial charge in [0, 0.05) is 17.6 Å². The van der Waals surface area contributed by atoms with E-state index in [1.54, 1.807) is 0 Å². The zero-order chi connectivity index (χ0) is 14.0. The Balaban J connectivity index is 2.05. The molecule has 1 fully saturated rings. The molecule has 0 bridgehead atoms. The largest absolute Gasteiger partial charge is 0.452 e. The minimum atomic E-state index is -4.46. The SMILES string of the molecule is CC(C)C1CCCCC1Nc1nc(C(F)(F)F)ns1. The second-order valence-corrected chi connectivity index (χ2v) is 6.12. The van der Waals surface area contributed by atoms with E-state index in [-0.39, 0.29) is 11.2 Å². The molecule has 1 aromatic rings. The molecule has 0 spiro atoms. The predicted octanol–water partition coefficient (Wildman–Crippen LogP) is 4.18. The number of nitrogens with zero attached hydrogens (tertiary/aromatic N) is 2. The Bertz CT molecular complexity index is 417. The van der Waals surface area contributed by atoms with E-state index >= 15 is 0 Å². The Kier molecular flexibility index (Phi) is 4.32. The molecule has 1 aliphatic rings. The van der Waals surface area contributed by atoms with Gasteiger partial charge in [-0.15, -0.1) is 0 Å². The Morgan fingerprint density at radius 1 is 1.26 bits per heavy atom. The molecule has 3 nitrogen and oxygen atoms in total. The molecule has 2 atom stereocenters. The molecule has 0 saturated heterocycles. The van der Waals surface area contributed by atoms with Gasteiger partial charge in [0.1, 0.15) is 0 Å². The first kappa shape index (κ1) is 14.6. The van der Waals surface area contributed by atoms with Crippen LogP contribution in [0.5, 0.6) is 0 Å². The molecular weight excluding hydrogens is 275 g/mol. The van der Waals surface area contributed by atoms with Gasteiger partial charge in [-0.05, 0) is 24.7 Å². The van der Waals surface area contributed by atoms with E-state index in [0.717, 1.165) is 30.8 Å². The van der Waals surface area contributed by atoms with Crippen LogP contribution in [0.15, 0.2) is 0 Å². The van der Waals surface area contributed by atoms with Crippen LogP contribution < -0.4 is 5.32 Å². The van der Waals surface area contributed by atoms with E-state index in [9.17, 15) is 13.2 Å². The number of anilines is 1. The highest BCUT2D eigenvalue weighted by molar-refractivity contribution is 7.09. The normalized spacial score (nSPS) is 24.7. The summed E-state index contributed by atoms with van der Waals surface area (Å²) >= 11 is 0.792. The molecule has 7 heteroatoms. The molecule has 1 N–H and O–H groups in total. The van der Waals surface area contributed by atoms with Gasteiger partial charge in [0.15, 0.2) is 0 Å². The van der Waals surface area contributed by atoms with Crippen LogP contribution in [-0.4, -0.2) is 15.4 Å². The van der Waals surface area contributed by atoms with Gasteiger partial charge in [0.25, 0.3) is 0 Å². The Hall–Kier alpha value is -0.850. The molecule has 0 radical (unpaired) electrons. The van der Waals surface area contributed by atoms with Crippen LogP contribution in [-0.2, 0) is 6.18 Å². The first-order valence-corrected chi connectivity index (χ1v) is 7.32. The fourth-order valence-electron chi connectivity index (χ4n) is 2.69. The summed E-state index contributed by atoms with van der Waals surface area (Å²) in [4.78, 5) is 3.54. The standard InChI is InChI=1S/C12H18F3N3S/c1-7(2)8-5-3-4-6-9(8)16-11-17-10(18-19-11)12(13,14)15/h7-9H,3-6H2,1-2H3,(H,16,17,18). The average Bonchev–Trinajstić information content (AvgIpc) is 2.77. The second kappa shape index (κ2) is 5.64. The van der Waals surface area contributed by atoms with Crippen molar-refractivity contribution in [2.45, 2.75) is 51.7 Å². The van der Waals surface area contributed by atoms with E-state index in [1.165, 1.54) is 6.42 Å². The Morgan fingerprint density at radius 2 is 1.95 bits per heavy atom. The van der Waals surface area contributed by atoms with Gasteiger partial charge in [-0.2, -0.15) is 22.5 Å². The maximum Gasteiger partial charge on any atom is 0.452 e. The molecule has 0 aliphatic heterocycles. The van der Waals surface area contributed by atoms with Gasteiger partial charge in [0.05, 0.1) is 0 Å². The number of hydrogen-bond acceptors (Lipinski definition) is 4. The van der Waals surface area contributed by atoms with Crippen molar-refractivity contribution in [2.24, 2.45) is 11.8 Å². The van der Waals surface area contributed by atoms with E-state index in [4.69, 9.17) is 0 Å².